The third-order valence-corrected chi connectivity index (χ3v) is 5.34. The van der Waals surface area contributed by atoms with Crippen LogP contribution in [0.2, 0.25) is 0 Å². The predicted molar refractivity (Wildman–Crippen MR) is 99.6 cm³/mol. The number of rotatable bonds is 5. The summed E-state index contributed by atoms with van der Waals surface area (Å²) < 4.78 is 18.7. The number of hydrogen-bond donors (Lipinski definition) is 2. The van der Waals surface area contributed by atoms with E-state index < -0.39 is 11.8 Å². The van der Waals surface area contributed by atoms with E-state index in [1.54, 1.807) is 12.1 Å². The Bertz CT molecular complexity index is 626. The van der Waals surface area contributed by atoms with Gasteiger partial charge in [-0.05, 0) is 30.5 Å². The van der Waals surface area contributed by atoms with Gasteiger partial charge in [0.15, 0.2) is 0 Å². The summed E-state index contributed by atoms with van der Waals surface area (Å²) in [6.07, 6.45) is 5.25. The van der Waals surface area contributed by atoms with E-state index in [-0.39, 0.29) is 17.9 Å². The van der Waals surface area contributed by atoms with Gasteiger partial charge in [-0.3, -0.25) is 14.5 Å². The standard InChI is InChI=1S/C20H28FN3O3/c21-16-8-6-15(7-9-16)18(24-10-12-27-13-11-24)14-22-19(25)20(26)23-17-4-2-1-3-5-17/h6-9,17-18H,1-5,10-14H2,(H,22,25)(H,23,26). The van der Waals surface area contributed by atoms with E-state index in [4.69, 9.17) is 4.74 Å². The summed E-state index contributed by atoms with van der Waals surface area (Å²) in [5.74, 6) is -1.47. The van der Waals surface area contributed by atoms with Crippen LogP contribution < -0.4 is 10.6 Å². The van der Waals surface area contributed by atoms with Crippen molar-refractivity contribution in [3.8, 4) is 0 Å². The summed E-state index contributed by atoms with van der Waals surface area (Å²) in [5, 5.41) is 5.59. The van der Waals surface area contributed by atoms with Crippen molar-refractivity contribution in [1.82, 2.24) is 15.5 Å². The van der Waals surface area contributed by atoms with Crippen LogP contribution in [0.1, 0.15) is 43.7 Å². The molecule has 27 heavy (non-hydrogen) atoms. The second-order valence-electron chi connectivity index (χ2n) is 7.23. The van der Waals surface area contributed by atoms with Crippen molar-refractivity contribution in [2.75, 3.05) is 32.8 Å². The number of nitrogens with zero attached hydrogens (tertiary/aromatic N) is 1. The third kappa shape index (κ3) is 5.74. The van der Waals surface area contributed by atoms with E-state index in [2.05, 4.69) is 15.5 Å². The van der Waals surface area contributed by atoms with Crippen LogP contribution in [-0.4, -0.2) is 55.6 Å². The molecule has 0 radical (unpaired) electrons. The molecule has 1 unspecified atom stereocenters. The highest BCUT2D eigenvalue weighted by Gasteiger charge is 2.25. The fraction of sp³-hybridized carbons (Fsp3) is 0.600. The van der Waals surface area contributed by atoms with Crippen molar-refractivity contribution < 1.29 is 18.7 Å². The van der Waals surface area contributed by atoms with Crippen molar-refractivity contribution in [1.29, 1.82) is 0 Å². The number of carbonyl (C=O) groups excluding carboxylic acids is 2. The second kappa shape index (κ2) is 9.80. The van der Waals surface area contributed by atoms with E-state index in [1.165, 1.54) is 18.6 Å². The first-order valence-corrected chi connectivity index (χ1v) is 9.79. The van der Waals surface area contributed by atoms with E-state index in [0.29, 0.717) is 19.8 Å². The molecule has 0 spiro atoms. The number of nitrogens with one attached hydrogen (secondary N) is 2. The lowest BCUT2D eigenvalue weighted by molar-refractivity contribution is -0.140. The molecular formula is C20H28FN3O3. The smallest absolute Gasteiger partial charge is 0.309 e. The molecule has 7 heteroatoms. The summed E-state index contributed by atoms with van der Waals surface area (Å²) in [5.41, 5.74) is 0.909. The van der Waals surface area contributed by atoms with Gasteiger partial charge >= 0.3 is 11.8 Å². The Balaban J connectivity index is 1.58. The molecule has 1 atom stereocenters. The molecule has 1 saturated heterocycles. The zero-order chi connectivity index (χ0) is 19.1. The number of ether oxygens (including phenoxy) is 1. The maximum absolute atomic E-state index is 13.3. The molecule has 2 N–H and O–H groups in total. The maximum atomic E-state index is 13.3. The van der Waals surface area contributed by atoms with Gasteiger partial charge in [0.05, 0.1) is 19.3 Å². The van der Waals surface area contributed by atoms with Gasteiger partial charge in [0.25, 0.3) is 0 Å². The van der Waals surface area contributed by atoms with Crippen LogP contribution in [-0.2, 0) is 14.3 Å². The van der Waals surface area contributed by atoms with Crippen LogP contribution in [0.4, 0.5) is 4.39 Å². The maximum Gasteiger partial charge on any atom is 0.309 e. The molecule has 148 valence electrons. The second-order valence-corrected chi connectivity index (χ2v) is 7.23. The SMILES string of the molecule is O=C(NCC(c1ccc(F)cc1)N1CCOCC1)C(=O)NC1CCCCC1. The third-order valence-electron chi connectivity index (χ3n) is 5.34. The number of hydrogen-bond acceptors (Lipinski definition) is 4. The highest BCUT2D eigenvalue weighted by molar-refractivity contribution is 6.35. The first-order valence-electron chi connectivity index (χ1n) is 9.79. The Morgan fingerprint density at radius 2 is 1.74 bits per heavy atom. The monoisotopic (exact) mass is 377 g/mol. The zero-order valence-corrected chi connectivity index (χ0v) is 15.6. The Morgan fingerprint density at radius 1 is 1.07 bits per heavy atom. The summed E-state index contributed by atoms with van der Waals surface area (Å²) in [6, 6.07) is 6.26. The fourth-order valence-corrected chi connectivity index (χ4v) is 3.80. The van der Waals surface area contributed by atoms with Crippen LogP contribution in [0.15, 0.2) is 24.3 Å². The normalized spacial score (nSPS) is 20.0. The average Bonchev–Trinajstić information content (AvgIpc) is 2.71. The number of benzene rings is 1. The van der Waals surface area contributed by atoms with E-state index in [0.717, 1.165) is 44.3 Å². The minimum absolute atomic E-state index is 0.101. The Kier molecular flexibility index (Phi) is 7.18. The van der Waals surface area contributed by atoms with Crippen LogP contribution in [0, 0.1) is 5.82 Å². The molecule has 1 aliphatic carbocycles. The van der Waals surface area contributed by atoms with Gasteiger partial charge in [0, 0.05) is 25.7 Å². The molecular weight excluding hydrogens is 349 g/mol. The lowest BCUT2D eigenvalue weighted by Gasteiger charge is -2.35. The van der Waals surface area contributed by atoms with Crippen molar-refractivity contribution in [2.45, 2.75) is 44.2 Å². The first-order chi connectivity index (χ1) is 13.1. The van der Waals surface area contributed by atoms with Crippen molar-refractivity contribution in [3.05, 3.63) is 35.6 Å². The minimum atomic E-state index is -0.610. The Hall–Kier alpha value is -1.99. The molecule has 1 heterocycles. The molecule has 1 aromatic rings. The molecule has 1 saturated carbocycles. The van der Waals surface area contributed by atoms with E-state index >= 15 is 0 Å². The summed E-state index contributed by atoms with van der Waals surface area (Å²) in [7, 11) is 0. The quantitative estimate of drug-likeness (QED) is 0.768. The first kappa shape index (κ1) is 19.8. The molecule has 2 aliphatic rings. The van der Waals surface area contributed by atoms with Gasteiger partial charge in [-0.2, -0.15) is 0 Å². The van der Waals surface area contributed by atoms with E-state index in [1.807, 2.05) is 0 Å². The number of halogens is 1. The predicted octanol–water partition coefficient (Wildman–Crippen LogP) is 1.76. The van der Waals surface area contributed by atoms with Gasteiger partial charge in [-0.1, -0.05) is 31.4 Å². The molecule has 1 aromatic carbocycles. The highest BCUT2D eigenvalue weighted by Crippen LogP contribution is 2.22. The number of carbonyl (C=O) groups is 2. The average molecular weight is 377 g/mol. The largest absolute Gasteiger partial charge is 0.379 e. The molecule has 2 fully saturated rings. The Labute approximate surface area is 159 Å². The van der Waals surface area contributed by atoms with Gasteiger partial charge in [-0.15, -0.1) is 0 Å². The lowest BCUT2D eigenvalue weighted by Crippen LogP contribution is -2.48. The van der Waals surface area contributed by atoms with Crippen molar-refractivity contribution >= 4 is 11.8 Å². The molecule has 0 aromatic heterocycles. The van der Waals surface area contributed by atoms with Gasteiger partial charge in [0.2, 0.25) is 0 Å². The number of amides is 2. The fourth-order valence-electron chi connectivity index (χ4n) is 3.80. The zero-order valence-electron chi connectivity index (χ0n) is 15.6. The molecule has 6 nitrogen and oxygen atoms in total. The van der Waals surface area contributed by atoms with Gasteiger partial charge in [-0.25, -0.2) is 4.39 Å². The number of morpholine rings is 1. The van der Waals surface area contributed by atoms with Crippen molar-refractivity contribution in [3.63, 3.8) is 0 Å². The minimum Gasteiger partial charge on any atom is -0.379 e. The topological polar surface area (TPSA) is 70.7 Å². The van der Waals surface area contributed by atoms with Crippen LogP contribution in [0.25, 0.3) is 0 Å². The van der Waals surface area contributed by atoms with Crippen molar-refractivity contribution in [2.24, 2.45) is 0 Å². The van der Waals surface area contributed by atoms with Gasteiger partial charge in [0.1, 0.15) is 5.82 Å². The molecule has 3 rings (SSSR count). The molecule has 1 aliphatic heterocycles. The van der Waals surface area contributed by atoms with Gasteiger partial charge < -0.3 is 15.4 Å². The highest BCUT2D eigenvalue weighted by atomic mass is 19.1. The van der Waals surface area contributed by atoms with Crippen LogP contribution >= 0.6 is 0 Å². The Morgan fingerprint density at radius 3 is 2.41 bits per heavy atom. The summed E-state index contributed by atoms with van der Waals surface area (Å²) >= 11 is 0. The molecule has 0 bridgehead atoms. The molecule has 2 amide bonds. The van der Waals surface area contributed by atoms with E-state index in [9.17, 15) is 14.0 Å². The van der Waals surface area contributed by atoms with Crippen LogP contribution in [0.5, 0.6) is 0 Å². The summed E-state index contributed by atoms with van der Waals surface area (Å²) in [4.78, 5) is 26.6. The lowest BCUT2D eigenvalue weighted by atomic mass is 9.95. The van der Waals surface area contributed by atoms with Crippen LogP contribution in [0.3, 0.4) is 0 Å². The summed E-state index contributed by atoms with van der Waals surface area (Å²) in [6.45, 7) is 2.99.